The van der Waals surface area contributed by atoms with E-state index in [1.807, 2.05) is 0 Å². The Morgan fingerprint density at radius 2 is 1.10 bits per heavy atom. The highest BCUT2D eigenvalue weighted by atomic mass is 16.8. The van der Waals surface area contributed by atoms with E-state index in [1.54, 1.807) is 36.4 Å². The first-order valence-electron chi connectivity index (χ1n) is 9.21. The van der Waals surface area contributed by atoms with Gasteiger partial charge >= 0.3 is 0 Å². The van der Waals surface area contributed by atoms with Crippen LogP contribution in [0.1, 0.15) is 23.3 Å². The van der Waals surface area contributed by atoms with Crippen molar-refractivity contribution >= 4 is 0 Å². The first-order valence-corrected chi connectivity index (χ1v) is 9.21. The third kappa shape index (κ3) is 2.59. The smallest absolute Gasteiger partial charge is 0.231 e. The molecule has 9 heteroatoms. The quantitative estimate of drug-likeness (QED) is 0.771. The molecule has 2 aromatic carbocycles. The second-order valence-corrected chi connectivity index (χ2v) is 7.40. The lowest BCUT2D eigenvalue weighted by atomic mass is 9.93. The summed E-state index contributed by atoms with van der Waals surface area (Å²) >= 11 is 0. The molecule has 4 atom stereocenters. The molecule has 2 N–H and O–H groups in total. The molecular formula is C20H18O9. The first-order chi connectivity index (χ1) is 14.0. The molecule has 2 saturated heterocycles. The van der Waals surface area contributed by atoms with Crippen molar-refractivity contribution in [1.29, 1.82) is 0 Å². The van der Waals surface area contributed by atoms with E-state index in [9.17, 15) is 10.2 Å². The highest BCUT2D eigenvalue weighted by molar-refractivity contribution is 5.46. The number of benzene rings is 2. The molecule has 152 valence electrons. The van der Waals surface area contributed by atoms with E-state index in [2.05, 4.69) is 0 Å². The zero-order chi connectivity index (χ0) is 19.6. The fraction of sp³-hybridized carbons (Fsp3) is 0.400. The second kappa shape index (κ2) is 5.97. The molecule has 4 aliphatic heterocycles. The Hall–Kier alpha value is -2.56. The van der Waals surface area contributed by atoms with Crippen molar-refractivity contribution in [2.45, 2.75) is 23.8 Å². The van der Waals surface area contributed by atoms with Gasteiger partial charge in [-0.3, -0.25) is 0 Å². The Morgan fingerprint density at radius 3 is 1.59 bits per heavy atom. The van der Waals surface area contributed by atoms with Crippen LogP contribution in [-0.2, 0) is 14.2 Å². The van der Waals surface area contributed by atoms with Crippen LogP contribution in [0.2, 0.25) is 0 Å². The van der Waals surface area contributed by atoms with Gasteiger partial charge in [-0.15, -0.1) is 0 Å². The molecule has 0 unspecified atom stereocenters. The molecule has 0 saturated carbocycles. The minimum absolute atomic E-state index is 0.144. The van der Waals surface area contributed by atoms with Gasteiger partial charge in [0.2, 0.25) is 25.2 Å². The summed E-state index contributed by atoms with van der Waals surface area (Å²) in [4.78, 5) is 0. The Bertz CT molecular complexity index is 901. The monoisotopic (exact) mass is 402 g/mol. The zero-order valence-electron chi connectivity index (χ0n) is 15.2. The van der Waals surface area contributed by atoms with Crippen LogP contribution < -0.4 is 18.9 Å². The topological polar surface area (TPSA) is 105 Å². The number of ether oxygens (including phenoxy) is 7. The first kappa shape index (κ1) is 17.3. The van der Waals surface area contributed by atoms with Gasteiger partial charge in [-0.2, -0.15) is 0 Å². The molecule has 0 aliphatic carbocycles. The van der Waals surface area contributed by atoms with Crippen LogP contribution in [0.4, 0.5) is 0 Å². The molecule has 0 aromatic heterocycles. The molecule has 2 fully saturated rings. The second-order valence-electron chi connectivity index (χ2n) is 7.40. The van der Waals surface area contributed by atoms with Gasteiger partial charge in [-0.05, 0) is 35.4 Å². The summed E-state index contributed by atoms with van der Waals surface area (Å²) in [5.74, 6) is -1.37. The number of hydrogen-bond acceptors (Lipinski definition) is 9. The summed E-state index contributed by atoms with van der Waals surface area (Å²) in [6, 6.07) is 10.4. The van der Waals surface area contributed by atoms with Crippen molar-refractivity contribution in [3.63, 3.8) is 0 Å². The van der Waals surface area contributed by atoms with Crippen LogP contribution in [0.3, 0.4) is 0 Å². The maximum absolute atomic E-state index is 11.1. The van der Waals surface area contributed by atoms with Gasteiger partial charge in [0.05, 0.1) is 0 Å². The number of aliphatic hydroxyl groups is 2. The van der Waals surface area contributed by atoms with Gasteiger partial charge in [0.15, 0.2) is 23.0 Å². The van der Waals surface area contributed by atoms with Crippen molar-refractivity contribution in [3.8, 4) is 23.0 Å². The largest absolute Gasteiger partial charge is 0.454 e. The van der Waals surface area contributed by atoms with Crippen LogP contribution in [0, 0.1) is 0 Å². The summed E-state index contributed by atoms with van der Waals surface area (Å²) < 4.78 is 39.0. The predicted molar refractivity (Wildman–Crippen MR) is 93.5 cm³/mol. The molecule has 2 bridgehead atoms. The molecule has 2 aromatic rings. The van der Waals surface area contributed by atoms with Crippen LogP contribution >= 0.6 is 0 Å². The maximum Gasteiger partial charge on any atom is 0.231 e. The summed E-state index contributed by atoms with van der Waals surface area (Å²) in [5.41, 5.74) is 1.26. The van der Waals surface area contributed by atoms with Crippen molar-refractivity contribution in [3.05, 3.63) is 47.5 Å². The summed E-state index contributed by atoms with van der Waals surface area (Å²) in [6.07, 6.45) is -1.73. The maximum atomic E-state index is 11.1. The molecule has 0 spiro atoms. The van der Waals surface area contributed by atoms with E-state index in [0.29, 0.717) is 34.1 Å². The van der Waals surface area contributed by atoms with Crippen LogP contribution in [0.15, 0.2) is 36.4 Å². The average Bonchev–Trinajstić information content (AvgIpc) is 3.35. The molecule has 9 nitrogen and oxygen atoms in total. The van der Waals surface area contributed by atoms with E-state index in [-0.39, 0.29) is 26.8 Å². The third-order valence-corrected chi connectivity index (χ3v) is 5.49. The fourth-order valence-electron chi connectivity index (χ4n) is 4.16. The Balaban J connectivity index is 1.29. The van der Waals surface area contributed by atoms with E-state index in [0.717, 1.165) is 0 Å². The van der Waals surface area contributed by atoms with Crippen molar-refractivity contribution in [2.24, 2.45) is 0 Å². The number of hydrogen-bond donors (Lipinski definition) is 2. The predicted octanol–water partition coefficient (Wildman–Crippen LogP) is 1.38. The highest BCUT2D eigenvalue weighted by Gasteiger charge is 2.60. The SMILES string of the molecule is O[C@@]12CO[C@@H](c3ccc4c(c3)OCO4)[C@@](O)(CO[C@H]1c1ccc3c(c1)OCO3)O2. The molecule has 6 rings (SSSR count). The highest BCUT2D eigenvalue weighted by Crippen LogP contribution is 2.50. The lowest BCUT2D eigenvalue weighted by Crippen LogP contribution is -2.65. The molecular weight excluding hydrogens is 384 g/mol. The lowest BCUT2D eigenvalue weighted by Gasteiger charge is -2.53. The normalized spacial score (nSPS) is 34.3. The molecule has 4 heterocycles. The Labute approximate surface area is 165 Å². The number of rotatable bonds is 2. The average molecular weight is 402 g/mol. The third-order valence-electron chi connectivity index (χ3n) is 5.49. The summed E-state index contributed by atoms with van der Waals surface area (Å²) in [5, 5.41) is 22.2. The molecule has 4 aliphatic rings. The fourth-order valence-corrected chi connectivity index (χ4v) is 4.16. The van der Waals surface area contributed by atoms with Crippen LogP contribution in [0.25, 0.3) is 0 Å². The zero-order valence-corrected chi connectivity index (χ0v) is 15.2. The van der Waals surface area contributed by atoms with Gasteiger partial charge in [0.25, 0.3) is 0 Å². The van der Waals surface area contributed by atoms with Crippen molar-refractivity contribution in [2.75, 3.05) is 26.8 Å². The van der Waals surface area contributed by atoms with Crippen molar-refractivity contribution < 1.29 is 43.4 Å². The van der Waals surface area contributed by atoms with Gasteiger partial charge in [0, 0.05) is 0 Å². The van der Waals surface area contributed by atoms with E-state index < -0.39 is 23.8 Å². The Kier molecular flexibility index (Phi) is 3.57. The summed E-state index contributed by atoms with van der Waals surface area (Å²) in [6.45, 7) is -0.114. The van der Waals surface area contributed by atoms with Gasteiger partial charge in [-0.25, -0.2) is 0 Å². The standard InChI is InChI=1S/C20H18O9/c21-19-7-24-18(12-2-4-14-16(6-12)28-10-26-14)20(22,29-19)8-23-17(19)11-1-3-13-15(5-11)27-9-25-13/h1-6,17-18,21-22H,7-10H2/t17-,18-,19+,20+/m0/s1. The van der Waals surface area contributed by atoms with Gasteiger partial charge in [0.1, 0.15) is 25.4 Å². The van der Waals surface area contributed by atoms with Gasteiger partial charge < -0.3 is 43.4 Å². The van der Waals surface area contributed by atoms with E-state index >= 15 is 0 Å². The summed E-state index contributed by atoms with van der Waals surface area (Å²) in [7, 11) is 0. The molecule has 0 radical (unpaired) electrons. The lowest BCUT2D eigenvalue weighted by molar-refractivity contribution is -0.478. The minimum atomic E-state index is -1.87. The van der Waals surface area contributed by atoms with E-state index in [1.165, 1.54) is 0 Å². The minimum Gasteiger partial charge on any atom is -0.454 e. The molecule has 0 amide bonds. The Morgan fingerprint density at radius 1 is 0.655 bits per heavy atom. The number of fused-ring (bicyclic) bond motifs is 4. The van der Waals surface area contributed by atoms with Crippen molar-refractivity contribution in [1.82, 2.24) is 0 Å². The van der Waals surface area contributed by atoms with E-state index in [4.69, 9.17) is 33.2 Å². The molecule has 29 heavy (non-hydrogen) atoms. The van der Waals surface area contributed by atoms with Crippen LogP contribution in [0.5, 0.6) is 23.0 Å². The van der Waals surface area contributed by atoms with Gasteiger partial charge in [-0.1, -0.05) is 12.1 Å². The van der Waals surface area contributed by atoms with Crippen LogP contribution in [-0.4, -0.2) is 48.6 Å².